The normalized spacial score (nSPS) is 14.4. The van der Waals surface area contributed by atoms with E-state index in [1.165, 1.54) is 15.3 Å². The molecule has 2 aromatic rings. The van der Waals surface area contributed by atoms with Crippen molar-refractivity contribution in [3.63, 3.8) is 0 Å². The van der Waals surface area contributed by atoms with Crippen LogP contribution in [0.1, 0.15) is 20.3 Å². The molecule has 0 saturated heterocycles. The molecule has 2 N–H and O–H groups in total. The number of fused-ring (bicyclic) bond motifs is 1. The minimum Gasteiger partial charge on any atom is -0.350 e. The second kappa shape index (κ2) is 7.76. The van der Waals surface area contributed by atoms with E-state index >= 15 is 0 Å². The summed E-state index contributed by atoms with van der Waals surface area (Å²) in [6.45, 7) is 4.39. The van der Waals surface area contributed by atoms with Crippen LogP contribution in [0.4, 0.5) is 0 Å². The number of amides is 1. The molecule has 24 heavy (non-hydrogen) atoms. The fourth-order valence-corrected chi connectivity index (χ4v) is 4.21. The van der Waals surface area contributed by atoms with Gasteiger partial charge in [0.15, 0.2) is 5.96 Å². The fraction of sp³-hybridized carbons (Fsp3) is 0.438. The van der Waals surface area contributed by atoms with Crippen LogP contribution in [-0.4, -0.2) is 41.9 Å². The van der Waals surface area contributed by atoms with E-state index in [0.717, 1.165) is 18.0 Å². The molecule has 0 aromatic carbocycles. The number of rotatable bonds is 4. The van der Waals surface area contributed by atoms with Crippen LogP contribution in [0.2, 0.25) is 0 Å². The topological polar surface area (TPSA) is 69.6 Å². The lowest BCUT2D eigenvalue weighted by Crippen LogP contribution is -2.45. The van der Waals surface area contributed by atoms with Crippen LogP contribution in [0.25, 0.3) is 0 Å². The highest BCUT2D eigenvalue weighted by Gasteiger charge is 2.21. The maximum Gasteiger partial charge on any atom is 0.242 e. The van der Waals surface area contributed by atoms with Crippen molar-refractivity contribution in [1.29, 1.82) is 0 Å². The molecule has 128 valence electrons. The van der Waals surface area contributed by atoms with E-state index in [9.17, 15) is 4.79 Å². The number of aryl methyl sites for hydroxylation is 1. The number of guanidine groups is 1. The molecule has 3 heterocycles. The number of thiazole rings is 1. The van der Waals surface area contributed by atoms with Crippen molar-refractivity contribution in [3.05, 3.63) is 38.0 Å². The number of hydrogen-bond donors (Lipinski definition) is 2. The third kappa shape index (κ3) is 4.12. The molecular formula is C16H21N5OS2. The number of thiophene rings is 1. The highest BCUT2D eigenvalue weighted by Crippen LogP contribution is 2.23. The summed E-state index contributed by atoms with van der Waals surface area (Å²) >= 11 is 3.43. The van der Waals surface area contributed by atoms with E-state index in [4.69, 9.17) is 0 Å². The standard InChI is InChI=1S/C16H21N5OS2/c1-11-7-18-14(24-11)8-19-16(17-2)20-9-15(22)21-5-3-13-12(10-21)4-6-23-13/h4,6-7H,3,5,8-10H2,1-2H3,(H2,17,19,20). The molecule has 2 aromatic heterocycles. The maximum absolute atomic E-state index is 12.4. The molecule has 1 aliphatic rings. The quantitative estimate of drug-likeness (QED) is 0.642. The first kappa shape index (κ1) is 16.9. The van der Waals surface area contributed by atoms with Crippen LogP contribution in [0.3, 0.4) is 0 Å². The number of aromatic nitrogens is 1. The Morgan fingerprint density at radius 2 is 2.33 bits per heavy atom. The molecule has 0 fully saturated rings. The summed E-state index contributed by atoms with van der Waals surface area (Å²) in [4.78, 5) is 25.4. The zero-order chi connectivity index (χ0) is 16.9. The zero-order valence-corrected chi connectivity index (χ0v) is 15.5. The van der Waals surface area contributed by atoms with Crippen LogP contribution in [0.15, 0.2) is 22.6 Å². The SMILES string of the molecule is CN=C(NCC(=O)N1CCc2sccc2C1)NCc1ncc(C)s1. The van der Waals surface area contributed by atoms with E-state index in [1.54, 1.807) is 29.7 Å². The van der Waals surface area contributed by atoms with Gasteiger partial charge in [0.1, 0.15) is 5.01 Å². The number of hydrogen-bond acceptors (Lipinski definition) is 5. The third-order valence-electron chi connectivity index (χ3n) is 3.87. The average Bonchev–Trinajstić information content (AvgIpc) is 3.22. The van der Waals surface area contributed by atoms with Gasteiger partial charge in [-0.25, -0.2) is 4.98 Å². The molecule has 0 bridgehead atoms. The van der Waals surface area contributed by atoms with Gasteiger partial charge in [0, 0.05) is 36.1 Å². The van der Waals surface area contributed by atoms with Gasteiger partial charge < -0.3 is 15.5 Å². The second-order valence-electron chi connectivity index (χ2n) is 5.58. The van der Waals surface area contributed by atoms with Gasteiger partial charge in [-0.2, -0.15) is 0 Å². The van der Waals surface area contributed by atoms with E-state index < -0.39 is 0 Å². The highest BCUT2D eigenvalue weighted by molar-refractivity contribution is 7.11. The first-order valence-electron chi connectivity index (χ1n) is 7.84. The molecule has 0 unspecified atom stereocenters. The Hall–Kier alpha value is -1.93. The Kier molecular flexibility index (Phi) is 5.47. The van der Waals surface area contributed by atoms with Crippen molar-refractivity contribution in [2.24, 2.45) is 4.99 Å². The highest BCUT2D eigenvalue weighted by atomic mass is 32.1. The number of nitrogens with one attached hydrogen (secondary N) is 2. The van der Waals surface area contributed by atoms with Crippen molar-refractivity contribution in [3.8, 4) is 0 Å². The summed E-state index contributed by atoms with van der Waals surface area (Å²) in [5, 5.41) is 9.38. The van der Waals surface area contributed by atoms with Gasteiger partial charge in [0.2, 0.25) is 5.91 Å². The molecule has 0 atom stereocenters. The molecule has 1 amide bonds. The second-order valence-corrected chi connectivity index (χ2v) is 7.90. The summed E-state index contributed by atoms with van der Waals surface area (Å²) < 4.78 is 0. The van der Waals surface area contributed by atoms with Gasteiger partial charge in [-0.1, -0.05) is 0 Å². The van der Waals surface area contributed by atoms with Crippen molar-refractivity contribution < 1.29 is 4.79 Å². The van der Waals surface area contributed by atoms with Gasteiger partial charge in [-0.15, -0.1) is 22.7 Å². The summed E-state index contributed by atoms with van der Waals surface area (Å²) in [5.41, 5.74) is 1.28. The van der Waals surface area contributed by atoms with Crippen molar-refractivity contribution in [2.75, 3.05) is 20.1 Å². The monoisotopic (exact) mass is 363 g/mol. The Bertz CT molecular complexity index is 736. The molecule has 6 nitrogen and oxygen atoms in total. The molecule has 0 saturated carbocycles. The summed E-state index contributed by atoms with van der Waals surface area (Å²) in [6.07, 6.45) is 2.81. The first-order chi connectivity index (χ1) is 11.7. The number of carbonyl (C=O) groups is 1. The zero-order valence-electron chi connectivity index (χ0n) is 13.8. The Morgan fingerprint density at radius 3 is 3.08 bits per heavy atom. The summed E-state index contributed by atoms with van der Waals surface area (Å²) in [6, 6.07) is 2.11. The maximum atomic E-state index is 12.4. The van der Waals surface area contributed by atoms with Crippen molar-refractivity contribution >= 4 is 34.5 Å². The van der Waals surface area contributed by atoms with E-state index in [1.807, 2.05) is 18.0 Å². The van der Waals surface area contributed by atoms with Gasteiger partial charge in [-0.05, 0) is 30.4 Å². The molecule has 3 rings (SSSR count). The minimum atomic E-state index is 0.0971. The van der Waals surface area contributed by atoms with E-state index in [-0.39, 0.29) is 12.5 Å². The van der Waals surface area contributed by atoms with Gasteiger partial charge >= 0.3 is 0 Å². The van der Waals surface area contributed by atoms with Crippen LogP contribution in [0.5, 0.6) is 0 Å². The van der Waals surface area contributed by atoms with Gasteiger partial charge in [-0.3, -0.25) is 9.79 Å². The number of carbonyl (C=O) groups excluding carboxylic acids is 1. The van der Waals surface area contributed by atoms with Crippen LogP contribution in [0, 0.1) is 6.92 Å². The molecule has 0 radical (unpaired) electrons. The van der Waals surface area contributed by atoms with Gasteiger partial charge in [0.25, 0.3) is 0 Å². The molecule has 8 heteroatoms. The van der Waals surface area contributed by atoms with Crippen molar-refractivity contribution in [1.82, 2.24) is 20.5 Å². The minimum absolute atomic E-state index is 0.0971. The molecule has 0 aliphatic carbocycles. The average molecular weight is 364 g/mol. The summed E-state index contributed by atoms with van der Waals surface area (Å²) in [7, 11) is 1.70. The lowest BCUT2D eigenvalue weighted by Gasteiger charge is -2.27. The number of aliphatic imine (C=N–C) groups is 1. The number of nitrogens with zero attached hydrogens (tertiary/aromatic N) is 3. The van der Waals surface area contributed by atoms with Crippen LogP contribution in [-0.2, 0) is 24.3 Å². The smallest absolute Gasteiger partial charge is 0.242 e. The summed E-state index contributed by atoms with van der Waals surface area (Å²) in [5.74, 6) is 0.712. The lowest BCUT2D eigenvalue weighted by atomic mass is 10.1. The van der Waals surface area contributed by atoms with E-state index in [2.05, 4.69) is 32.1 Å². The molecule has 1 aliphatic heterocycles. The molecular weight excluding hydrogens is 342 g/mol. The first-order valence-corrected chi connectivity index (χ1v) is 9.54. The predicted octanol–water partition coefficient (Wildman–Crippen LogP) is 1.76. The van der Waals surface area contributed by atoms with Crippen LogP contribution < -0.4 is 10.6 Å². The molecule has 0 spiro atoms. The third-order valence-corrected chi connectivity index (χ3v) is 5.80. The van der Waals surface area contributed by atoms with Crippen LogP contribution >= 0.6 is 22.7 Å². The lowest BCUT2D eigenvalue weighted by molar-refractivity contribution is -0.130. The largest absolute Gasteiger partial charge is 0.350 e. The predicted molar refractivity (Wildman–Crippen MR) is 98.5 cm³/mol. The van der Waals surface area contributed by atoms with Crippen molar-refractivity contribution in [2.45, 2.75) is 26.4 Å². The van der Waals surface area contributed by atoms with E-state index in [0.29, 0.717) is 19.0 Å². The van der Waals surface area contributed by atoms with Gasteiger partial charge in [0.05, 0.1) is 13.1 Å². The Labute approximate surface area is 149 Å². The fourth-order valence-electron chi connectivity index (χ4n) is 2.60. The Morgan fingerprint density at radius 1 is 1.46 bits per heavy atom. The Balaban J connectivity index is 1.46.